The molecule has 2 rings (SSSR count). The SMILES string of the molecule is NC1C2CCC(C2)C1CNCC(F)(F)F. The number of nitrogens with one attached hydrogen (secondary N) is 1. The van der Waals surface area contributed by atoms with Crippen molar-refractivity contribution in [3.63, 3.8) is 0 Å². The first-order valence-corrected chi connectivity index (χ1v) is 5.50. The van der Waals surface area contributed by atoms with Gasteiger partial charge in [-0.2, -0.15) is 13.2 Å². The molecule has 0 aliphatic heterocycles. The topological polar surface area (TPSA) is 38.0 Å². The number of hydrogen-bond acceptors (Lipinski definition) is 2. The van der Waals surface area contributed by atoms with Crippen molar-refractivity contribution >= 4 is 0 Å². The van der Waals surface area contributed by atoms with E-state index in [1.54, 1.807) is 0 Å². The van der Waals surface area contributed by atoms with Crippen LogP contribution in [0.4, 0.5) is 13.2 Å². The summed E-state index contributed by atoms with van der Waals surface area (Å²) >= 11 is 0. The third kappa shape index (κ3) is 2.45. The van der Waals surface area contributed by atoms with Gasteiger partial charge in [-0.3, -0.25) is 0 Å². The molecule has 0 aromatic carbocycles. The van der Waals surface area contributed by atoms with E-state index in [2.05, 4.69) is 5.32 Å². The maximum Gasteiger partial charge on any atom is 0.401 e. The van der Waals surface area contributed by atoms with Gasteiger partial charge in [0.15, 0.2) is 0 Å². The molecule has 2 fully saturated rings. The molecule has 0 spiro atoms. The van der Waals surface area contributed by atoms with Crippen LogP contribution in [0.25, 0.3) is 0 Å². The van der Waals surface area contributed by atoms with Crippen LogP contribution < -0.4 is 11.1 Å². The van der Waals surface area contributed by atoms with E-state index >= 15 is 0 Å². The minimum absolute atomic E-state index is 0.115. The second-order valence-electron chi connectivity index (χ2n) is 4.82. The molecule has 3 N–H and O–H groups in total. The highest BCUT2D eigenvalue weighted by atomic mass is 19.4. The third-order valence-corrected chi connectivity index (χ3v) is 3.86. The minimum atomic E-state index is -4.11. The average molecular weight is 222 g/mol. The van der Waals surface area contributed by atoms with Crippen LogP contribution in [0.5, 0.6) is 0 Å². The Kier molecular flexibility index (Phi) is 2.94. The number of nitrogens with two attached hydrogens (primary N) is 1. The van der Waals surface area contributed by atoms with E-state index in [9.17, 15) is 13.2 Å². The highest BCUT2D eigenvalue weighted by Gasteiger charge is 2.45. The molecule has 4 unspecified atom stereocenters. The van der Waals surface area contributed by atoms with Crippen LogP contribution in [0.1, 0.15) is 19.3 Å². The predicted molar refractivity (Wildman–Crippen MR) is 51.2 cm³/mol. The molecule has 2 aliphatic rings. The monoisotopic (exact) mass is 222 g/mol. The Balaban J connectivity index is 1.76. The lowest BCUT2D eigenvalue weighted by Gasteiger charge is -2.28. The van der Waals surface area contributed by atoms with Crippen molar-refractivity contribution in [2.45, 2.75) is 31.5 Å². The summed E-state index contributed by atoms with van der Waals surface area (Å²) in [6.45, 7) is -0.477. The summed E-state index contributed by atoms with van der Waals surface area (Å²) in [6, 6.07) is 0.115. The third-order valence-electron chi connectivity index (χ3n) is 3.86. The summed E-state index contributed by atoms with van der Waals surface area (Å²) < 4.78 is 35.8. The second-order valence-corrected chi connectivity index (χ2v) is 4.82. The molecule has 2 aliphatic carbocycles. The lowest BCUT2D eigenvalue weighted by molar-refractivity contribution is -0.125. The van der Waals surface area contributed by atoms with E-state index in [4.69, 9.17) is 5.73 Å². The highest BCUT2D eigenvalue weighted by Crippen LogP contribution is 2.47. The van der Waals surface area contributed by atoms with Crippen molar-refractivity contribution < 1.29 is 13.2 Å². The van der Waals surface area contributed by atoms with Crippen LogP contribution >= 0.6 is 0 Å². The van der Waals surface area contributed by atoms with Crippen molar-refractivity contribution in [1.29, 1.82) is 0 Å². The number of fused-ring (bicyclic) bond motifs is 2. The Morgan fingerprint density at radius 2 is 1.87 bits per heavy atom. The Morgan fingerprint density at radius 3 is 2.40 bits per heavy atom. The predicted octanol–water partition coefficient (Wildman–Crippen LogP) is 1.51. The molecule has 0 heterocycles. The molecule has 2 saturated carbocycles. The Bertz CT molecular complexity index is 227. The normalized spacial score (nSPS) is 40.0. The molecule has 0 amide bonds. The summed E-state index contributed by atoms with van der Waals surface area (Å²) in [6.07, 6.45) is -0.667. The second kappa shape index (κ2) is 3.94. The summed E-state index contributed by atoms with van der Waals surface area (Å²) in [7, 11) is 0. The summed E-state index contributed by atoms with van der Waals surface area (Å²) in [4.78, 5) is 0. The van der Waals surface area contributed by atoms with Gasteiger partial charge in [-0.15, -0.1) is 0 Å². The molecule has 2 bridgehead atoms. The van der Waals surface area contributed by atoms with Gasteiger partial charge in [0.2, 0.25) is 0 Å². The van der Waals surface area contributed by atoms with Gasteiger partial charge in [-0.25, -0.2) is 0 Å². The van der Waals surface area contributed by atoms with Crippen LogP contribution in [-0.4, -0.2) is 25.3 Å². The van der Waals surface area contributed by atoms with E-state index in [1.165, 1.54) is 6.42 Å². The Labute approximate surface area is 87.4 Å². The highest BCUT2D eigenvalue weighted by molar-refractivity contribution is 4.99. The van der Waals surface area contributed by atoms with Crippen LogP contribution in [0.2, 0.25) is 0 Å². The smallest absolute Gasteiger partial charge is 0.327 e. The van der Waals surface area contributed by atoms with Gasteiger partial charge >= 0.3 is 6.18 Å². The zero-order chi connectivity index (χ0) is 11.1. The molecular formula is C10H17F3N2. The first kappa shape index (κ1) is 11.2. The molecule has 15 heavy (non-hydrogen) atoms. The van der Waals surface area contributed by atoms with Gasteiger partial charge in [0, 0.05) is 12.6 Å². The van der Waals surface area contributed by atoms with Crippen molar-refractivity contribution in [3.05, 3.63) is 0 Å². The molecule has 0 saturated heterocycles. The Morgan fingerprint density at radius 1 is 1.20 bits per heavy atom. The number of rotatable bonds is 3. The fourth-order valence-corrected chi connectivity index (χ4v) is 3.14. The van der Waals surface area contributed by atoms with Gasteiger partial charge < -0.3 is 11.1 Å². The van der Waals surface area contributed by atoms with E-state index in [-0.39, 0.29) is 12.0 Å². The maximum absolute atomic E-state index is 11.9. The quantitative estimate of drug-likeness (QED) is 0.759. The minimum Gasteiger partial charge on any atom is -0.327 e. The van der Waals surface area contributed by atoms with E-state index in [0.717, 1.165) is 12.8 Å². The van der Waals surface area contributed by atoms with Gasteiger partial charge in [-0.1, -0.05) is 0 Å². The van der Waals surface area contributed by atoms with Crippen LogP contribution in [0.15, 0.2) is 0 Å². The zero-order valence-corrected chi connectivity index (χ0v) is 8.56. The largest absolute Gasteiger partial charge is 0.401 e. The first-order chi connectivity index (χ1) is 6.97. The number of alkyl halides is 3. The molecule has 88 valence electrons. The van der Waals surface area contributed by atoms with Crippen LogP contribution in [0.3, 0.4) is 0 Å². The lowest BCUT2D eigenvalue weighted by Crippen LogP contribution is -2.43. The standard InChI is InChI=1S/C10H17F3N2/c11-10(12,13)5-15-4-8-6-1-2-7(3-6)9(8)14/h6-9,15H,1-5,14H2. The van der Waals surface area contributed by atoms with Crippen LogP contribution in [0, 0.1) is 17.8 Å². The first-order valence-electron chi connectivity index (χ1n) is 5.50. The summed E-state index contributed by atoms with van der Waals surface area (Å²) in [5.74, 6) is 1.38. The number of halogens is 3. The lowest BCUT2D eigenvalue weighted by atomic mass is 9.85. The van der Waals surface area contributed by atoms with Crippen molar-refractivity contribution in [2.75, 3.05) is 13.1 Å². The van der Waals surface area contributed by atoms with Crippen molar-refractivity contribution in [2.24, 2.45) is 23.5 Å². The fraction of sp³-hybridized carbons (Fsp3) is 1.00. The van der Waals surface area contributed by atoms with Gasteiger partial charge in [0.1, 0.15) is 0 Å². The number of hydrogen-bond donors (Lipinski definition) is 2. The van der Waals surface area contributed by atoms with E-state index in [0.29, 0.717) is 18.4 Å². The Hall–Kier alpha value is -0.290. The fourth-order valence-electron chi connectivity index (χ4n) is 3.14. The molecule has 4 atom stereocenters. The van der Waals surface area contributed by atoms with Crippen LogP contribution in [-0.2, 0) is 0 Å². The zero-order valence-electron chi connectivity index (χ0n) is 8.56. The summed E-state index contributed by atoms with van der Waals surface area (Å²) in [5.41, 5.74) is 5.99. The summed E-state index contributed by atoms with van der Waals surface area (Å²) in [5, 5.41) is 2.48. The molecule has 0 aromatic heterocycles. The average Bonchev–Trinajstić information content (AvgIpc) is 2.66. The van der Waals surface area contributed by atoms with E-state index < -0.39 is 12.7 Å². The molecule has 0 radical (unpaired) electrons. The molecule has 0 aromatic rings. The maximum atomic E-state index is 11.9. The van der Waals surface area contributed by atoms with Crippen molar-refractivity contribution in [1.82, 2.24) is 5.32 Å². The van der Waals surface area contributed by atoms with Crippen molar-refractivity contribution in [3.8, 4) is 0 Å². The molecular weight excluding hydrogens is 205 g/mol. The molecule has 5 heteroatoms. The van der Waals surface area contributed by atoms with Gasteiger partial charge in [0.25, 0.3) is 0 Å². The van der Waals surface area contributed by atoms with Gasteiger partial charge in [-0.05, 0) is 37.0 Å². The van der Waals surface area contributed by atoms with E-state index in [1.807, 2.05) is 0 Å². The van der Waals surface area contributed by atoms with Gasteiger partial charge in [0.05, 0.1) is 6.54 Å². The molecule has 2 nitrogen and oxygen atoms in total.